The van der Waals surface area contributed by atoms with Gasteiger partial charge in [-0.1, -0.05) is 48.0 Å². The highest BCUT2D eigenvalue weighted by molar-refractivity contribution is 6.30. The maximum absolute atomic E-state index is 5.93. The first-order valence-corrected chi connectivity index (χ1v) is 5.84. The van der Waals surface area contributed by atoms with E-state index in [-0.39, 0.29) is 5.15 Å². The topological polar surface area (TPSA) is 35.0 Å². The molecule has 0 N–H and O–H groups in total. The average molecular weight is 257 g/mol. The number of halogens is 1. The van der Waals surface area contributed by atoms with Crippen molar-refractivity contribution >= 4 is 22.4 Å². The normalized spacial score (nSPS) is 10.5. The predicted molar refractivity (Wildman–Crippen MR) is 71.1 cm³/mol. The lowest BCUT2D eigenvalue weighted by atomic mass is 10.1. The summed E-state index contributed by atoms with van der Waals surface area (Å²) in [6.45, 7) is 0. The maximum atomic E-state index is 5.93. The van der Waals surface area contributed by atoms with Gasteiger partial charge in [-0.3, -0.25) is 0 Å². The second-order valence-corrected chi connectivity index (χ2v) is 4.09. The Morgan fingerprint density at radius 2 is 1.67 bits per heavy atom. The molecule has 0 amide bonds. The van der Waals surface area contributed by atoms with Crippen LogP contribution in [-0.4, -0.2) is 9.97 Å². The SMILES string of the molecule is Clc1nccnc1Oc1cccc2ccccc12. The summed E-state index contributed by atoms with van der Waals surface area (Å²) in [5, 5.41) is 2.38. The average Bonchev–Trinajstić information content (AvgIpc) is 2.42. The largest absolute Gasteiger partial charge is 0.436 e. The summed E-state index contributed by atoms with van der Waals surface area (Å²) >= 11 is 5.93. The molecule has 0 saturated carbocycles. The van der Waals surface area contributed by atoms with Gasteiger partial charge >= 0.3 is 0 Å². The standard InChI is InChI=1S/C14H9ClN2O/c15-13-14(17-9-8-16-13)18-12-7-3-5-10-4-1-2-6-11(10)12/h1-9H. The molecule has 1 heterocycles. The summed E-state index contributed by atoms with van der Waals surface area (Å²) in [6, 6.07) is 13.8. The highest BCUT2D eigenvalue weighted by Crippen LogP contribution is 2.30. The zero-order chi connectivity index (χ0) is 12.4. The van der Waals surface area contributed by atoms with Gasteiger partial charge in [0.1, 0.15) is 5.75 Å². The number of aromatic nitrogens is 2. The molecule has 0 aliphatic rings. The monoisotopic (exact) mass is 256 g/mol. The zero-order valence-electron chi connectivity index (χ0n) is 9.38. The molecule has 0 fully saturated rings. The van der Waals surface area contributed by atoms with Crippen LogP contribution in [0.1, 0.15) is 0 Å². The molecule has 0 aliphatic heterocycles. The summed E-state index contributed by atoms with van der Waals surface area (Å²) in [5.41, 5.74) is 0. The minimum atomic E-state index is 0.255. The fourth-order valence-electron chi connectivity index (χ4n) is 1.77. The van der Waals surface area contributed by atoms with E-state index in [1.54, 1.807) is 6.20 Å². The minimum absolute atomic E-state index is 0.255. The number of fused-ring (bicyclic) bond motifs is 1. The van der Waals surface area contributed by atoms with Crippen molar-refractivity contribution in [2.24, 2.45) is 0 Å². The number of nitrogens with zero attached hydrogens (tertiary/aromatic N) is 2. The van der Waals surface area contributed by atoms with Crippen LogP contribution >= 0.6 is 11.6 Å². The van der Waals surface area contributed by atoms with Crippen LogP contribution < -0.4 is 4.74 Å². The molecule has 0 atom stereocenters. The highest BCUT2D eigenvalue weighted by Gasteiger charge is 2.07. The molecule has 0 saturated heterocycles. The lowest BCUT2D eigenvalue weighted by Gasteiger charge is -2.08. The van der Waals surface area contributed by atoms with E-state index in [2.05, 4.69) is 9.97 Å². The molecule has 4 heteroatoms. The molecule has 3 rings (SSSR count). The van der Waals surface area contributed by atoms with E-state index in [0.717, 1.165) is 16.5 Å². The van der Waals surface area contributed by atoms with Crippen LogP contribution in [0.4, 0.5) is 0 Å². The Bertz CT molecular complexity index is 695. The Kier molecular flexibility index (Phi) is 2.82. The van der Waals surface area contributed by atoms with Crippen molar-refractivity contribution in [2.75, 3.05) is 0 Å². The van der Waals surface area contributed by atoms with Gasteiger partial charge in [-0.2, -0.15) is 0 Å². The molecule has 0 radical (unpaired) electrons. The molecule has 0 spiro atoms. The van der Waals surface area contributed by atoms with Gasteiger partial charge < -0.3 is 4.74 Å². The van der Waals surface area contributed by atoms with Crippen LogP contribution in [0.2, 0.25) is 5.15 Å². The predicted octanol–water partition coefficient (Wildman–Crippen LogP) is 4.08. The van der Waals surface area contributed by atoms with Gasteiger partial charge in [-0.05, 0) is 11.5 Å². The van der Waals surface area contributed by atoms with Crippen molar-refractivity contribution < 1.29 is 4.74 Å². The van der Waals surface area contributed by atoms with Crippen LogP contribution in [0.25, 0.3) is 10.8 Å². The van der Waals surface area contributed by atoms with Crippen molar-refractivity contribution in [3.05, 3.63) is 60.0 Å². The zero-order valence-corrected chi connectivity index (χ0v) is 10.1. The van der Waals surface area contributed by atoms with E-state index in [9.17, 15) is 0 Å². The van der Waals surface area contributed by atoms with Crippen LogP contribution in [0.3, 0.4) is 0 Å². The third kappa shape index (κ3) is 2.00. The number of hydrogen-bond acceptors (Lipinski definition) is 3. The van der Waals surface area contributed by atoms with Crippen molar-refractivity contribution in [3.8, 4) is 11.6 Å². The molecule has 3 nitrogen and oxygen atoms in total. The molecule has 0 aliphatic carbocycles. The summed E-state index contributed by atoms with van der Waals surface area (Å²) in [4.78, 5) is 8.00. The Morgan fingerprint density at radius 1 is 0.889 bits per heavy atom. The van der Waals surface area contributed by atoms with Crippen LogP contribution in [-0.2, 0) is 0 Å². The number of benzene rings is 2. The quantitative estimate of drug-likeness (QED) is 0.693. The first-order valence-electron chi connectivity index (χ1n) is 5.47. The second kappa shape index (κ2) is 4.63. The van der Waals surface area contributed by atoms with E-state index in [0.29, 0.717) is 5.88 Å². The van der Waals surface area contributed by atoms with Crippen molar-refractivity contribution in [2.45, 2.75) is 0 Å². The van der Waals surface area contributed by atoms with E-state index < -0.39 is 0 Å². The van der Waals surface area contributed by atoms with Crippen molar-refractivity contribution in [3.63, 3.8) is 0 Å². The Labute approximate surface area is 109 Å². The van der Waals surface area contributed by atoms with Gasteiger partial charge in [0.2, 0.25) is 0 Å². The second-order valence-electron chi connectivity index (χ2n) is 3.73. The van der Waals surface area contributed by atoms with Gasteiger partial charge in [0.25, 0.3) is 5.88 Å². The summed E-state index contributed by atoms with van der Waals surface area (Å²) in [5.74, 6) is 1.03. The summed E-state index contributed by atoms with van der Waals surface area (Å²) in [7, 11) is 0. The van der Waals surface area contributed by atoms with E-state index in [1.807, 2.05) is 42.5 Å². The Balaban J connectivity index is 2.08. The first-order chi connectivity index (χ1) is 8.84. The molecule has 0 bridgehead atoms. The number of hydrogen-bond donors (Lipinski definition) is 0. The Morgan fingerprint density at radius 3 is 2.56 bits per heavy atom. The molecule has 18 heavy (non-hydrogen) atoms. The maximum Gasteiger partial charge on any atom is 0.257 e. The molecule has 3 aromatic rings. The van der Waals surface area contributed by atoms with Gasteiger partial charge in [0.05, 0.1) is 0 Å². The minimum Gasteiger partial charge on any atom is -0.436 e. The lowest BCUT2D eigenvalue weighted by molar-refractivity contribution is 0.465. The summed E-state index contributed by atoms with van der Waals surface area (Å²) < 4.78 is 5.72. The molecular formula is C14H9ClN2O. The summed E-state index contributed by atoms with van der Waals surface area (Å²) in [6.07, 6.45) is 3.07. The van der Waals surface area contributed by atoms with Gasteiger partial charge in [0.15, 0.2) is 5.15 Å². The third-order valence-electron chi connectivity index (χ3n) is 2.58. The van der Waals surface area contributed by atoms with E-state index in [1.165, 1.54) is 6.20 Å². The molecule has 2 aromatic carbocycles. The molecular weight excluding hydrogens is 248 g/mol. The third-order valence-corrected chi connectivity index (χ3v) is 2.84. The molecule has 1 aromatic heterocycles. The lowest BCUT2D eigenvalue weighted by Crippen LogP contribution is -1.91. The van der Waals surface area contributed by atoms with Gasteiger partial charge in [-0.25, -0.2) is 9.97 Å². The van der Waals surface area contributed by atoms with E-state index >= 15 is 0 Å². The van der Waals surface area contributed by atoms with Gasteiger partial charge in [-0.15, -0.1) is 0 Å². The molecule has 88 valence electrons. The van der Waals surface area contributed by atoms with Crippen LogP contribution in [0, 0.1) is 0 Å². The molecule has 0 unspecified atom stereocenters. The fourth-order valence-corrected chi connectivity index (χ4v) is 1.91. The number of rotatable bonds is 2. The van der Waals surface area contributed by atoms with Crippen LogP contribution in [0.15, 0.2) is 54.9 Å². The smallest absolute Gasteiger partial charge is 0.257 e. The van der Waals surface area contributed by atoms with Crippen LogP contribution in [0.5, 0.6) is 11.6 Å². The highest BCUT2D eigenvalue weighted by atomic mass is 35.5. The Hall–Kier alpha value is -2.13. The fraction of sp³-hybridized carbons (Fsp3) is 0. The van der Waals surface area contributed by atoms with Crippen molar-refractivity contribution in [1.29, 1.82) is 0 Å². The number of ether oxygens (including phenoxy) is 1. The van der Waals surface area contributed by atoms with Gasteiger partial charge in [0, 0.05) is 17.8 Å². The first kappa shape index (κ1) is 11.0. The van der Waals surface area contributed by atoms with Crippen molar-refractivity contribution in [1.82, 2.24) is 9.97 Å². The van der Waals surface area contributed by atoms with E-state index in [4.69, 9.17) is 16.3 Å².